The molecule has 0 aromatic rings. The smallest absolute Gasteiger partial charge is 0.234 e. The van der Waals surface area contributed by atoms with Crippen LogP contribution in [0.1, 0.15) is 59.8 Å². The summed E-state index contributed by atoms with van der Waals surface area (Å²) in [7, 11) is 0. The maximum absolute atomic E-state index is 11.8. The summed E-state index contributed by atoms with van der Waals surface area (Å²) in [5.74, 6) is 0.917. The van der Waals surface area contributed by atoms with Crippen LogP contribution in [-0.4, -0.2) is 49.2 Å². The number of ether oxygens (including phenoxy) is 1. The number of nitrogens with zero attached hydrogens (tertiary/aromatic N) is 1. The Morgan fingerprint density at radius 3 is 2.71 bits per heavy atom. The predicted molar refractivity (Wildman–Crippen MR) is 87.4 cm³/mol. The Balaban J connectivity index is 2.15. The lowest BCUT2D eigenvalue weighted by molar-refractivity contribution is -0.123. The summed E-state index contributed by atoms with van der Waals surface area (Å²) in [6.07, 6.45) is 6.54. The van der Waals surface area contributed by atoms with Gasteiger partial charge in [-0.05, 0) is 65.8 Å². The standard InChI is InChI=1S/C17H34N2O2/c1-14(2)18-17(20)13-19-10-7-9-16(12-19)8-5-6-11-21-15(3)4/h14-16H,5-13H2,1-4H3,(H,18,20)/t16-/m1/s1. The molecule has 0 radical (unpaired) electrons. The van der Waals surface area contributed by atoms with Crippen molar-refractivity contribution >= 4 is 5.91 Å². The summed E-state index contributed by atoms with van der Waals surface area (Å²) in [6, 6.07) is 0.235. The second kappa shape index (κ2) is 10.2. The molecule has 0 spiro atoms. The number of amides is 1. The van der Waals surface area contributed by atoms with Crippen molar-refractivity contribution in [1.82, 2.24) is 10.2 Å². The van der Waals surface area contributed by atoms with E-state index >= 15 is 0 Å². The van der Waals surface area contributed by atoms with Gasteiger partial charge in [-0.15, -0.1) is 0 Å². The van der Waals surface area contributed by atoms with Gasteiger partial charge in [0.25, 0.3) is 0 Å². The van der Waals surface area contributed by atoms with E-state index in [1.54, 1.807) is 0 Å². The van der Waals surface area contributed by atoms with E-state index in [1.807, 2.05) is 13.8 Å². The fourth-order valence-corrected chi connectivity index (χ4v) is 2.96. The minimum atomic E-state index is 0.163. The van der Waals surface area contributed by atoms with Crippen molar-refractivity contribution < 1.29 is 9.53 Å². The normalized spacial score (nSPS) is 20.2. The Hall–Kier alpha value is -0.610. The van der Waals surface area contributed by atoms with Gasteiger partial charge in [-0.25, -0.2) is 0 Å². The number of carbonyl (C=O) groups is 1. The lowest BCUT2D eigenvalue weighted by Crippen LogP contribution is -2.44. The molecular weight excluding hydrogens is 264 g/mol. The van der Waals surface area contributed by atoms with E-state index in [0.29, 0.717) is 12.6 Å². The molecule has 0 aromatic carbocycles. The molecular formula is C17H34N2O2. The molecule has 0 bridgehead atoms. The van der Waals surface area contributed by atoms with Crippen LogP contribution in [0.4, 0.5) is 0 Å². The number of rotatable bonds is 9. The molecule has 1 saturated heterocycles. The van der Waals surface area contributed by atoms with Crippen molar-refractivity contribution in [3.8, 4) is 0 Å². The highest BCUT2D eigenvalue weighted by molar-refractivity contribution is 5.78. The molecule has 1 aliphatic heterocycles. The van der Waals surface area contributed by atoms with Gasteiger partial charge < -0.3 is 10.1 Å². The van der Waals surface area contributed by atoms with Crippen molar-refractivity contribution in [3.05, 3.63) is 0 Å². The first-order valence-electron chi connectivity index (χ1n) is 8.60. The Labute approximate surface area is 130 Å². The molecule has 0 aromatic heterocycles. The fourth-order valence-electron chi connectivity index (χ4n) is 2.96. The van der Waals surface area contributed by atoms with Crippen LogP contribution in [0.3, 0.4) is 0 Å². The molecule has 124 valence electrons. The second-order valence-electron chi connectivity index (χ2n) is 6.88. The highest BCUT2D eigenvalue weighted by Gasteiger charge is 2.21. The Morgan fingerprint density at radius 1 is 1.29 bits per heavy atom. The zero-order valence-electron chi connectivity index (χ0n) is 14.4. The monoisotopic (exact) mass is 298 g/mol. The van der Waals surface area contributed by atoms with Gasteiger partial charge in [-0.1, -0.05) is 6.42 Å². The van der Waals surface area contributed by atoms with E-state index in [-0.39, 0.29) is 11.9 Å². The number of piperidine rings is 1. The van der Waals surface area contributed by atoms with Crippen molar-refractivity contribution in [2.24, 2.45) is 5.92 Å². The molecule has 1 fully saturated rings. The predicted octanol–water partition coefficient (Wildman–Crippen LogP) is 2.82. The van der Waals surface area contributed by atoms with Crippen LogP contribution < -0.4 is 5.32 Å². The van der Waals surface area contributed by atoms with Crippen molar-refractivity contribution in [3.63, 3.8) is 0 Å². The van der Waals surface area contributed by atoms with Crippen LogP contribution in [0, 0.1) is 5.92 Å². The number of nitrogens with one attached hydrogen (secondary N) is 1. The third-order valence-corrected chi connectivity index (χ3v) is 3.88. The van der Waals surface area contributed by atoms with E-state index in [2.05, 4.69) is 24.1 Å². The van der Waals surface area contributed by atoms with E-state index in [9.17, 15) is 4.79 Å². The molecule has 4 heteroatoms. The van der Waals surface area contributed by atoms with E-state index < -0.39 is 0 Å². The van der Waals surface area contributed by atoms with Gasteiger partial charge in [0.2, 0.25) is 5.91 Å². The number of hydrogen-bond donors (Lipinski definition) is 1. The number of hydrogen-bond acceptors (Lipinski definition) is 3. The minimum absolute atomic E-state index is 0.163. The first-order chi connectivity index (χ1) is 9.97. The molecule has 0 saturated carbocycles. The summed E-state index contributed by atoms with van der Waals surface area (Å²) in [5, 5.41) is 2.98. The molecule has 0 aliphatic carbocycles. The maximum Gasteiger partial charge on any atom is 0.234 e. The number of unbranched alkanes of at least 4 members (excludes halogenated alkanes) is 1. The maximum atomic E-state index is 11.8. The second-order valence-corrected chi connectivity index (χ2v) is 6.88. The Kier molecular flexibility index (Phi) is 8.93. The quantitative estimate of drug-likeness (QED) is 0.666. The SMILES string of the molecule is CC(C)NC(=O)CN1CCC[C@@H](CCCCOC(C)C)C1. The molecule has 1 atom stereocenters. The lowest BCUT2D eigenvalue weighted by Gasteiger charge is -2.32. The summed E-state index contributed by atoms with van der Waals surface area (Å²) < 4.78 is 5.58. The molecule has 0 unspecified atom stereocenters. The summed E-state index contributed by atoms with van der Waals surface area (Å²) in [4.78, 5) is 14.1. The number of carbonyl (C=O) groups excluding carboxylic acids is 1. The average Bonchev–Trinajstić information content (AvgIpc) is 2.37. The van der Waals surface area contributed by atoms with Crippen molar-refractivity contribution in [2.45, 2.75) is 71.9 Å². The summed E-state index contributed by atoms with van der Waals surface area (Å²) >= 11 is 0. The Morgan fingerprint density at radius 2 is 2.05 bits per heavy atom. The molecule has 1 rings (SSSR count). The third kappa shape index (κ3) is 9.10. The third-order valence-electron chi connectivity index (χ3n) is 3.88. The van der Waals surface area contributed by atoms with Crippen LogP contribution in [0.5, 0.6) is 0 Å². The highest BCUT2D eigenvalue weighted by atomic mass is 16.5. The highest BCUT2D eigenvalue weighted by Crippen LogP contribution is 2.21. The average molecular weight is 298 g/mol. The van der Waals surface area contributed by atoms with Crippen LogP contribution in [-0.2, 0) is 9.53 Å². The first-order valence-corrected chi connectivity index (χ1v) is 8.60. The van der Waals surface area contributed by atoms with Crippen molar-refractivity contribution in [1.29, 1.82) is 0 Å². The van der Waals surface area contributed by atoms with Crippen LogP contribution in [0.25, 0.3) is 0 Å². The molecule has 1 N–H and O–H groups in total. The van der Waals surface area contributed by atoms with Gasteiger partial charge in [0, 0.05) is 19.2 Å². The zero-order chi connectivity index (χ0) is 15.7. The van der Waals surface area contributed by atoms with Gasteiger partial charge in [0.1, 0.15) is 0 Å². The van der Waals surface area contributed by atoms with Crippen LogP contribution >= 0.6 is 0 Å². The zero-order valence-corrected chi connectivity index (χ0v) is 14.4. The van der Waals surface area contributed by atoms with Gasteiger partial charge in [0.15, 0.2) is 0 Å². The molecule has 1 heterocycles. The van der Waals surface area contributed by atoms with E-state index in [1.165, 1.54) is 25.7 Å². The largest absolute Gasteiger partial charge is 0.379 e. The van der Waals surface area contributed by atoms with E-state index in [4.69, 9.17) is 4.74 Å². The topological polar surface area (TPSA) is 41.6 Å². The van der Waals surface area contributed by atoms with Crippen molar-refractivity contribution in [2.75, 3.05) is 26.2 Å². The van der Waals surface area contributed by atoms with Gasteiger partial charge in [0.05, 0.1) is 12.6 Å². The fraction of sp³-hybridized carbons (Fsp3) is 0.941. The van der Waals surface area contributed by atoms with Gasteiger partial charge in [-0.3, -0.25) is 9.69 Å². The van der Waals surface area contributed by atoms with Crippen LogP contribution in [0.15, 0.2) is 0 Å². The number of likely N-dealkylation sites (tertiary alicyclic amines) is 1. The van der Waals surface area contributed by atoms with Gasteiger partial charge in [-0.2, -0.15) is 0 Å². The molecule has 4 nitrogen and oxygen atoms in total. The lowest BCUT2D eigenvalue weighted by atomic mass is 9.93. The molecule has 21 heavy (non-hydrogen) atoms. The molecule has 1 aliphatic rings. The summed E-state index contributed by atoms with van der Waals surface area (Å²) in [5.41, 5.74) is 0. The van der Waals surface area contributed by atoms with Gasteiger partial charge >= 0.3 is 0 Å². The first kappa shape index (κ1) is 18.4. The Bertz CT molecular complexity index is 293. The summed E-state index contributed by atoms with van der Waals surface area (Å²) in [6.45, 7) is 11.8. The molecule has 1 amide bonds. The van der Waals surface area contributed by atoms with Crippen LogP contribution in [0.2, 0.25) is 0 Å². The van der Waals surface area contributed by atoms with E-state index in [0.717, 1.165) is 32.0 Å². The minimum Gasteiger partial charge on any atom is -0.379 e.